The molecule has 6 heteroatoms. The lowest BCUT2D eigenvalue weighted by molar-refractivity contribution is -0.385. The van der Waals surface area contributed by atoms with Gasteiger partial charge in [0.05, 0.1) is 34.9 Å². The summed E-state index contributed by atoms with van der Waals surface area (Å²) < 4.78 is 4.91. The predicted molar refractivity (Wildman–Crippen MR) is 97.2 cm³/mol. The first-order valence-corrected chi connectivity index (χ1v) is 8.49. The third-order valence-corrected chi connectivity index (χ3v) is 5.27. The van der Waals surface area contributed by atoms with Crippen LogP contribution >= 0.6 is 0 Å². The average molecular weight is 350 g/mol. The SMILES string of the molecule is COC(=O)c1cccc2c1N[C@H](c1ccccc1[N+](=O)[O-])[C@@H]1CC=C[C@@H]21. The second-order valence-electron chi connectivity index (χ2n) is 6.55. The molecule has 2 aliphatic rings. The number of para-hydroxylation sites is 2. The Balaban J connectivity index is 1.87. The molecule has 1 aliphatic carbocycles. The average Bonchev–Trinajstić information content (AvgIpc) is 3.16. The molecular weight excluding hydrogens is 332 g/mol. The molecule has 0 bridgehead atoms. The van der Waals surface area contributed by atoms with E-state index >= 15 is 0 Å². The van der Waals surface area contributed by atoms with Gasteiger partial charge in [-0.2, -0.15) is 0 Å². The van der Waals surface area contributed by atoms with E-state index in [-0.39, 0.29) is 28.5 Å². The van der Waals surface area contributed by atoms with Crippen LogP contribution < -0.4 is 5.32 Å². The van der Waals surface area contributed by atoms with Crippen LogP contribution in [0.2, 0.25) is 0 Å². The number of benzene rings is 2. The zero-order valence-electron chi connectivity index (χ0n) is 14.2. The maximum absolute atomic E-state index is 12.2. The zero-order chi connectivity index (χ0) is 18.3. The van der Waals surface area contributed by atoms with E-state index in [9.17, 15) is 14.9 Å². The Bertz CT molecular complexity index is 922. The van der Waals surface area contributed by atoms with Crippen LogP contribution in [-0.2, 0) is 4.74 Å². The minimum Gasteiger partial charge on any atom is -0.465 e. The van der Waals surface area contributed by atoms with Gasteiger partial charge in [0, 0.05) is 12.0 Å². The van der Waals surface area contributed by atoms with Crippen molar-refractivity contribution in [2.75, 3.05) is 12.4 Å². The molecule has 0 saturated carbocycles. The van der Waals surface area contributed by atoms with Gasteiger partial charge in [-0.25, -0.2) is 4.79 Å². The molecule has 1 aliphatic heterocycles. The van der Waals surface area contributed by atoms with Crippen molar-refractivity contribution < 1.29 is 14.5 Å². The lowest BCUT2D eigenvalue weighted by atomic mass is 9.76. The van der Waals surface area contributed by atoms with E-state index in [0.29, 0.717) is 16.8 Å². The number of nitrogens with zero attached hydrogens (tertiary/aromatic N) is 1. The van der Waals surface area contributed by atoms with Gasteiger partial charge in [-0.05, 0) is 24.0 Å². The van der Waals surface area contributed by atoms with Gasteiger partial charge in [0.25, 0.3) is 5.69 Å². The van der Waals surface area contributed by atoms with Crippen molar-refractivity contribution in [2.24, 2.45) is 5.92 Å². The molecule has 0 aromatic heterocycles. The maximum Gasteiger partial charge on any atom is 0.339 e. The Morgan fingerprint density at radius 1 is 1.19 bits per heavy atom. The third kappa shape index (κ3) is 2.45. The van der Waals surface area contributed by atoms with Crippen molar-refractivity contribution in [2.45, 2.75) is 18.4 Å². The first-order chi connectivity index (χ1) is 12.6. The van der Waals surface area contributed by atoms with Crippen LogP contribution in [0.1, 0.15) is 39.9 Å². The number of methoxy groups -OCH3 is 1. The molecule has 0 amide bonds. The largest absolute Gasteiger partial charge is 0.465 e. The smallest absolute Gasteiger partial charge is 0.339 e. The number of carbonyl (C=O) groups excluding carboxylic acids is 1. The Morgan fingerprint density at radius 2 is 1.96 bits per heavy atom. The van der Waals surface area contributed by atoms with Crippen molar-refractivity contribution in [3.63, 3.8) is 0 Å². The van der Waals surface area contributed by atoms with Crippen LogP contribution in [0.5, 0.6) is 0 Å². The number of esters is 1. The highest BCUT2D eigenvalue weighted by atomic mass is 16.6. The van der Waals surface area contributed by atoms with Crippen LogP contribution in [0, 0.1) is 16.0 Å². The highest BCUT2D eigenvalue weighted by Gasteiger charge is 2.41. The number of carbonyl (C=O) groups is 1. The fraction of sp³-hybridized carbons (Fsp3) is 0.250. The topological polar surface area (TPSA) is 81.5 Å². The number of hydrogen-bond acceptors (Lipinski definition) is 5. The fourth-order valence-electron chi connectivity index (χ4n) is 4.13. The van der Waals surface area contributed by atoms with E-state index in [4.69, 9.17) is 4.74 Å². The first-order valence-electron chi connectivity index (χ1n) is 8.49. The Morgan fingerprint density at radius 3 is 2.73 bits per heavy atom. The van der Waals surface area contributed by atoms with Crippen molar-refractivity contribution in [1.29, 1.82) is 0 Å². The van der Waals surface area contributed by atoms with Crippen LogP contribution in [0.15, 0.2) is 54.6 Å². The molecule has 0 radical (unpaired) electrons. The zero-order valence-corrected chi connectivity index (χ0v) is 14.2. The highest BCUT2D eigenvalue weighted by Crippen LogP contribution is 2.51. The maximum atomic E-state index is 12.2. The van der Waals surface area contributed by atoms with E-state index in [1.807, 2.05) is 18.2 Å². The monoisotopic (exact) mass is 350 g/mol. The van der Waals surface area contributed by atoms with E-state index < -0.39 is 5.97 Å². The highest BCUT2D eigenvalue weighted by molar-refractivity contribution is 5.97. The number of anilines is 1. The van der Waals surface area contributed by atoms with Crippen molar-refractivity contribution in [3.8, 4) is 0 Å². The van der Waals surface area contributed by atoms with Gasteiger partial charge in [-0.1, -0.05) is 42.5 Å². The molecule has 3 atom stereocenters. The molecule has 2 aromatic rings. The molecular formula is C20H18N2O4. The van der Waals surface area contributed by atoms with Gasteiger partial charge in [-0.15, -0.1) is 0 Å². The van der Waals surface area contributed by atoms with Gasteiger partial charge in [-0.3, -0.25) is 10.1 Å². The van der Waals surface area contributed by atoms with E-state index in [1.165, 1.54) is 13.2 Å². The van der Waals surface area contributed by atoms with Crippen LogP contribution in [0.3, 0.4) is 0 Å². The Kier molecular flexibility index (Phi) is 3.95. The molecule has 4 rings (SSSR count). The van der Waals surface area contributed by atoms with Crippen molar-refractivity contribution >= 4 is 17.3 Å². The summed E-state index contributed by atoms with van der Waals surface area (Å²) in [5.41, 5.74) is 2.92. The van der Waals surface area contributed by atoms with E-state index in [0.717, 1.165) is 12.0 Å². The number of ether oxygens (including phenoxy) is 1. The standard InChI is InChI=1S/C20H18N2O4/c1-26-20(23)16-10-5-9-14-12-7-4-8-13(12)18(21-19(14)16)15-6-2-3-11-17(15)22(24)25/h2-7,9-13,18,21H,8H2,1H3/t12-,13-,18+/m1/s1. The van der Waals surface area contributed by atoms with Gasteiger partial charge in [0.2, 0.25) is 0 Å². The number of fused-ring (bicyclic) bond motifs is 3. The molecule has 132 valence electrons. The quantitative estimate of drug-likeness (QED) is 0.388. The van der Waals surface area contributed by atoms with Gasteiger partial charge in [0.1, 0.15) is 0 Å². The molecule has 1 heterocycles. The minimum atomic E-state index is -0.420. The van der Waals surface area contributed by atoms with Gasteiger partial charge < -0.3 is 10.1 Å². The molecule has 0 saturated heterocycles. The van der Waals surface area contributed by atoms with Crippen LogP contribution in [-0.4, -0.2) is 18.0 Å². The predicted octanol–water partition coefficient (Wildman–Crippen LogP) is 4.21. The minimum absolute atomic E-state index is 0.0923. The lowest BCUT2D eigenvalue weighted by Gasteiger charge is -2.37. The lowest BCUT2D eigenvalue weighted by Crippen LogP contribution is -2.30. The fourth-order valence-corrected chi connectivity index (χ4v) is 4.13. The number of rotatable bonds is 3. The summed E-state index contributed by atoms with van der Waals surface area (Å²) in [5, 5.41) is 14.9. The van der Waals surface area contributed by atoms with Crippen molar-refractivity contribution in [1.82, 2.24) is 0 Å². The van der Waals surface area contributed by atoms with Gasteiger partial charge >= 0.3 is 5.97 Å². The first kappa shape index (κ1) is 16.3. The number of allylic oxidation sites excluding steroid dienone is 2. The second kappa shape index (κ2) is 6.29. The molecule has 0 unspecified atom stereocenters. The second-order valence-corrected chi connectivity index (χ2v) is 6.55. The number of nitro groups is 1. The molecule has 0 fully saturated rings. The van der Waals surface area contributed by atoms with Gasteiger partial charge in [0.15, 0.2) is 0 Å². The number of hydrogen-bond donors (Lipinski definition) is 1. The van der Waals surface area contributed by atoms with Crippen molar-refractivity contribution in [3.05, 3.63) is 81.4 Å². The molecule has 2 aromatic carbocycles. The molecule has 1 N–H and O–H groups in total. The van der Waals surface area contributed by atoms with Crippen LogP contribution in [0.25, 0.3) is 0 Å². The number of nitro benzene ring substituents is 1. The number of nitrogens with one attached hydrogen (secondary N) is 1. The summed E-state index contributed by atoms with van der Waals surface area (Å²) in [4.78, 5) is 23.4. The Hall–Kier alpha value is -3.15. The molecule has 6 nitrogen and oxygen atoms in total. The summed E-state index contributed by atoms with van der Waals surface area (Å²) in [5.74, 6) is -0.145. The van der Waals surface area contributed by atoms with E-state index in [2.05, 4.69) is 17.5 Å². The van der Waals surface area contributed by atoms with Crippen LogP contribution in [0.4, 0.5) is 11.4 Å². The summed E-state index contributed by atoms with van der Waals surface area (Å²) >= 11 is 0. The molecule has 0 spiro atoms. The Labute approximate surface area is 150 Å². The third-order valence-electron chi connectivity index (χ3n) is 5.27. The normalized spacial score (nSPS) is 22.9. The van der Waals surface area contributed by atoms with E-state index in [1.54, 1.807) is 18.2 Å². The summed E-state index contributed by atoms with van der Waals surface area (Å²) in [6.45, 7) is 0. The summed E-state index contributed by atoms with van der Waals surface area (Å²) in [6.07, 6.45) is 5.07. The molecule has 26 heavy (non-hydrogen) atoms. The summed E-state index contributed by atoms with van der Waals surface area (Å²) in [7, 11) is 1.35. The summed E-state index contributed by atoms with van der Waals surface area (Å²) in [6, 6.07) is 12.1.